The molecule has 3 heterocycles. The molecule has 2 bridgehead atoms. The lowest BCUT2D eigenvalue weighted by atomic mass is 9.62. The van der Waals surface area contributed by atoms with E-state index in [4.69, 9.17) is 33.6 Å². The quantitative estimate of drug-likeness (QED) is 0.0974. The van der Waals surface area contributed by atoms with Crippen molar-refractivity contribution in [3.63, 3.8) is 0 Å². The molecule has 9 atom stereocenters. The van der Waals surface area contributed by atoms with Crippen LogP contribution in [0.2, 0.25) is 0 Å². The molecule has 0 radical (unpaired) electrons. The fraction of sp³-hybridized carbons (Fsp3) is 0.571. The molecule has 5 aliphatic rings. The van der Waals surface area contributed by atoms with Crippen molar-refractivity contribution in [1.82, 2.24) is 15.7 Å². The summed E-state index contributed by atoms with van der Waals surface area (Å²) >= 11 is 0. The minimum absolute atomic E-state index is 0.0240. The van der Waals surface area contributed by atoms with Crippen molar-refractivity contribution in [2.75, 3.05) is 19.8 Å². The van der Waals surface area contributed by atoms with Crippen LogP contribution >= 0.6 is 0 Å². The lowest BCUT2D eigenvalue weighted by Gasteiger charge is -2.49. The number of carbonyl (C=O) groups is 4. The number of fused-ring (bicyclic) bond motifs is 5. The molecule has 58 heavy (non-hydrogen) atoms. The van der Waals surface area contributed by atoms with Crippen LogP contribution in [0.5, 0.6) is 0 Å². The summed E-state index contributed by atoms with van der Waals surface area (Å²) in [4.78, 5) is 62.1. The number of hydrogen-bond donors (Lipinski definition) is 5. The van der Waals surface area contributed by atoms with Crippen LogP contribution in [0.25, 0.3) is 6.08 Å². The molecule has 2 aromatic rings. The average Bonchev–Trinajstić information content (AvgIpc) is 3.85. The van der Waals surface area contributed by atoms with E-state index in [-0.39, 0.29) is 39.0 Å². The number of hydroxylamine groups is 2. The van der Waals surface area contributed by atoms with Gasteiger partial charge in [-0.15, -0.1) is 0 Å². The van der Waals surface area contributed by atoms with E-state index in [0.717, 1.165) is 22.3 Å². The number of esters is 2. The van der Waals surface area contributed by atoms with Gasteiger partial charge in [0.25, 0.3) is 0 Å². The van der Waals surface area contributed by atoms with E-state index in [1.165, 1.54) is 18.2 Å². The molecule has 2 aliphatic carbocycles. The summed E-state index contributed by atoms with van der Waals surface area (Å²) in [6.07, 6.45) is -1.04. The molecule has 16 nitrogen and oxygen atoms in total. The van der Waals surface area contributed by atoms with Crippen LogP contribution in [0, 0.1) is 5.41 Å². The molecule has 7 rings (SSSR count). The van der Waals surface area contributed by atoms with E-state index >= 15 is 4.79 Å². The van der Waals surface area contributed by atoms with Crippen LogP contribution in [-0.2, 0) is 67.1 Å². The molecule has 1 saturated carbocycles. The second-order valence-corrected chi connectivity index (χ2v) is 16.7. The zero-order valence-corrected chi connectivity index (χ0v) is 33.1. The number of amides is 2. The summed E-state index contributed by atoms with van der Waals surface area (Å²) in [5.74, 6) is -3.84. The number of hydrogen-bond acceptors (Lipinski definition) is 14. The molecule has 2 aromatic carbocycles. The Balaban J connectivity index is 1.18. The van der Waals surface area contributed by atoms with Crippen LogP contribution < -0.4 is 10.6 Å². The topological polar surface area (TPSA) is 212 Å². The molecular formula is C42H53N3O13. The molecule has 0 aromatic heterocycles. The van der Waals surface area contributed by atoms with E-state index < -0.39 is 95.8 Å². The minimum Gasteiger partial charge on any atom is -0.499 e. The number of carbonyl (C=O) groups excluding carboxylic acids is 4. The maximum atomic E-state index is 15.0. The molecule has 1 spiro atoms. The molecule has 4 fully saturated rings. The standard InChI is InChI=1S/C42H53N3O13/c1-24(48)32(37(50)43-29(23-47)13-14-31(49)55-40(2,3)4)44-39(52)42-21-30-33-34(57-41(56-33)19-26-10-6-7-11-27(26)20-41)36(42)58-45(35(42)38(51)54-30)22-28-12-8-5-9-25(28)15-17-53-18-16-46/h5-12,15,17,24,29-30,32-36,46-48H,13-14,16,18-23H2,1-4H3,(H,43,50)(H,44,52). The monoisotopic (exact) mass is 807 g/mol. The molecule has 314 valence electrons. The molecule has 3 aliphatic heterocycles. The van der Waals surface area contributed by atoms with Gasteiger partial charge in [0, 0.05) is 25.7 Å². The Hall–Kier alpha value is -4.42. The van der Waals surface area contributed by atoms with Crippen molar-refractivity contribution in [3.8, 4) is 0 Å². The van der Waals surface area contributed by atoms with Gasteiger partial charge in [-0.05, 0) is 62.4 Å². The SMILES string of the molecule is CC(O)C(NC(=O)C12CC3OC(=O)C1N(Cc1ccccc1C=COCCO)OC2C1OC2(Cc4ccccc4C2)OC31)C(=O)NC(CO)CCC(=O)OC(C)(C)C. The van der Waals surface area contributed by atoms with E-state index in [9.17, 15) is 24.6 Å². The highest BCUT2D eigenvalue weighted by molar-refractivity contribution is 5.96. The predicted molar refractivity (Wildman–Crippen MR) is 204 cm³/mol. The highest BCUT2D eigenvalue weighted by atomic mass is 16.8. The van der Waals surface area contributed by atoms with Crippen LogP contribution in [0.15, 0.2) is 54.8 Å². The van der Waals surface area contributed by atoms with Gasteiger partial charge in [-0.3, -0.25) is 24.0 Å². The van der Waals surface area contributed by atoms with Gasteiger partial charge in [0.2, 0.25) is 11.8 Å². The summed E-state index contributed by atoms with van der Waals surface area (Å²) in [6, 6.07) is 11.5. The average molecular weight is 808 g/mol. The van der Waals surface area contributed by atoms with Gasteiger partial charge in [0.15, 0.2) is 11.8 Å². The van der Waals surface area contributed by atoms with Crippen molar-refractivity contribution < 1.29 is 63.0 Å². The zero-order chi connectivity index (χ0) is 41.4. The number of aliphatic hydroxyl groups is 3. The predicted octanol–water partition coefficient (Wildman–Crippen LogP) is 1.21. The largest absolute Gasteiger partial charge is 0.499 e. The van der Waals surface area contributed by atoms with Crippen molar-refractivity contribution in [2.24, 2.45) is 5.41 Å². The summed E-state index contributed by atoms with van der Waals surface area (Å²) < 4.78 is 30.3. The van der Waals surface area contributed by atoms with Crippen molar-refractivity contribution in [3.05, 3.63) is 77.0 Å². The summed E-state index contributed by atoms with van der Waals surface area (Å²) in [5, 5.41) is 37.0. The Bertz CT molecular complexity index is 1870. The summed E-state index contributed by atoms with van der Waals surface area (Å²) in [6.45, 7) is 6.00. The Kier molecular flexibility index (Phi) is 12.0. The van der Waals surface area contributed by atoms with Gasteiger partial charge in [0.1, 0.15) is 48.1 Å². The third-order valence-electron chi connectivity index (χ3n) is 11.4. The van der Waals surface area contributed by atoms with Crippen molar-refractivity contribution in [2.45, 2.75) is 126 Å². The number of benzene rings is 2. The fourth-order valence-corrected chi connectivity index (χ4v) is 8.88. The first-order valence-electron chi connectivity index (χ1n) is 19.8. The molecule has 5 N–H and O–H groups in total. The smallest absolute Gasteiger partial charge is 0.327 e. The number of nitrogens with one attached hydrogen (secondary N) is 2. The Morgan fingerprint density at radius 3 is 2.38 bits per heavy atom. The van der Waals surface area contributed by atoms with E-state index in [1.54, 1.807) is 26.8 Å². The zero-order valence-electron chi connectivity index (χ0n) is 33.1. The van der Waals surface area contributed by atoms with Gasteiger partial charge in [-0.25, -0.2) is 0 Å². The molecule has 16 heteroatoms. The Labute approximate surface area is 336 Å². The third-order valence-corrected chi connectivity index (χ3v) is 11.4. The van der Waals surface area contributed by atoms with Crippen LogP contribution in [0.4, 0.5) is 0 Å². The second-order valence-electron chi connectivity index (χ2n) is 16.7. The molecule has 2 amide bonds. The normalized spacial score (nSPS) is 28.3. The number of aliphatic hydroxyl groups excluding tert-OH is 3. The number of nitrogens with zero attached hydrogens (tertiary/aromatic N) is 1. The highest BCUT2D eigenvalue weighted by Gasteiger charge is 2.76. The lowest BCUT2D eigenvalue weighted by Crippen LogP contribution is -2.71. The molecule has 3 saturated heterocycles. The fourth-order valence-electron chi connectivity index (χ4n) is 8.88. The first kappa shape index (κ1) is 41.7. The van der Waals surface area contributed by atoms with Gasteiger partial charge in [-0.2, -0.15) is 5.06 Å². The molecule has 9 unspecified atom stereocenters. The molecular weight excluding hydrogens is 754 g/mol. The number of ether oxygens (including phenoxy) is 5. The van der Waals surface area contributed by atoms with Crippen LogP contribution in [-0.4, -0.2) is 124 Å². The van der Waals surface area contributed by atoms with Crippen molar-refractivity contribution in [1.29, 1.82) is 0 Å². The van der Waals surface area contributed by atoms with Crippen LogP contribution in [0.1, 0.15) is 69.2 Å². The van der Waals surface area contributed by atoms with E-state index in [0.29, 0.717) is 12.8 Å². The minimum atomic E-state index is -1.67. The van der Waals surface area contributed by atoms with Gasteiger partial charge in [-0.1, -0.05) is 48.5 Å². The summed E-state index contributed by atoms with van der Waals surface area (Å²) in [5.41, 5.74) is 1.19. The first-order valence-corrected chi connectivity index (χ1v) is 19.8. The van der Waals surface area contributed by atoms with Gasteiger partial charge in [0.05, 0.1) is 38.2 Å². The van der Waals surface area contributed by atoms with Gasteiger partial charge >= 0.3 is 11.9 Å². The third kappa shape index (κ3) is 8.24. The highest BCUT2D eigenvalue weighted by Crippen LogP contribution is 2.58. The first-order chi connectivity index (χ1) is 27.7. The van der Waals surface area contributed by atoms with Crippen LogP contribution in [0.3, 0.4) is 0 Å². The van der Waals surface area contributed by atoms with Crippen molar-refractivity contribution >= 4 is 29.8 Å². The van der Waals surface area contributed by atoms with E-state index in [2.05, 4.69) is 10.6 Å². The maximum absolute atomic E-state index is 15.0. The van der Waals surface area contributed by atoms with Gasteiger partial charge < -0.3 is 49.6 Å². The Morgan fingerprint density at radius 2 is 1.71 bits per heavy atom. The summed E-state index contributed by atoms with van der Waals surface area (Å²) in [7, 11) is 0. The van der Waals surface area contributed by atoms with E-state index in [1.807, 2.05) is 48.5 Å². The maximum Gasteiger partial charge on any atom is 0.327 e. The number of rotatable bonds is 15. The lowest BCUT2D eigenvalue weighted by molar-refractivity contribution is -0.217. The second kappa shape index (κ2) is 16.7. The Morgan fingerprint density at radius 1 is 1.02 bits per heavy atom.